The second kappa shape index (κ2) is 22.7. The molecule has 4 N–H and O–H groups in total. The fraction of sp³-hybridized carbons (Fsp3) is 0.273. The Hall–Kier alpha value is -8.48. The van der Waals surface area contributed by atoms with Gasteiger partial charge in [0.1, 0.15) is 11.5 Å². The van der Waals surface area contributed by atoms with Crippen molar-refractivity contribution in [1.29, 1.82) is 0 Å². The van der Waals surface area contributed by atoms with Gasteiger partial charge in [-0.2, -0.15) is 0 Å². The van der Waals surface area contributed by atoms with Crippen LogP contribution in [0.1, 0.15) is 6.42 Å². The summed E-state index contributed by atoms with van der Waals surface area (Å²) in [5.41, 5.74) is 9.54. The molecule has 73 heavy (non-hydrogen) atoms. The number of methoxy groups -OCH3 is 2. The average molecular weight is 985 g/mol. The van der Waals surface area contributed by atoms with Crippen molar-refractivity contribution in [2.45, 2.75) is 6.42 Å². The van der Waals surface area contributed by atoms with Gasteiger partial charge in [-0.15, -0.1) is 0 Å². The molecule has 2 amide bonds. The number of nitrogens with one attached hydrogen (secondary N) is 4. The molecule has 4 heterocycles. The average Bonchev–Trinajstić information content (AvgIpc) is 3.92. The maximum atomic E-state index is 13.9. The van der Waals surface area contributed by atoms with Crippen LogP contribution in [-0.2, 0) is 23.7 Å². The summed E-state index contributed by atoms with van der Waals surface area (Å²) in [6, 6.07) is 27.6. The van der Waals surface area contributed by atoms with Gasteiger partial charge in [-0.25, -0.2) is 19.9 Å². The van der Waals surface area contributed by atoms with Crippen molar-refractivity contribution >= 4 is 79.6 Å². The van der Waals surface area contributed by atoms with Crippen LogP contribution >= 0.6 is 0 Å². The van der Waals surface area contributed by atoms with Crippen molar-refractivity contribution in [1.82, 2.24) is 38.9 Å². The number of aromatic nitrogens is 6. The van der Waals surface area contributed by atoms with Gasteiger partial charge in [0.25, 0.3) is 0 Å². The predicted octanol–water partition coefficient (Wildman–Crippen LogP) is 8.61. The number of nitrogens with zero attached hydrogens (tertiary/aromatic N) is 10. The van der Waals surface area contributed by atoms with Crippen LogP contribution in [0, 0.1) is 0 Å². The minimum Gasteiger partial charge on any atom is -0.494 e. The number of likely N-dealkylation sites (N-methyl/N-ethyl adjacent to an activating group) is 4. The largest absolute Gasteiger partial charge is 0.494 e. The van der Waals surface area contributed by atoms with Crippen LogP contribution in [0.4, 0.5) is 46.0 Å². The number of amides is 2. The zero-order valence-electron chi connectivity index (χ0n) is 43.0. The highest BCUT2D eigenvalue weighted by Gasteiger charge is 2.21. The van der Waals surface area contributed by atoms with Crippen LogP contribution in [-0.4, -0.2) is 133 Å². The summed E-state index contributed by atoms with van der Waals surface area (Å²) in [6.45, 7) is 6.81. The van der Waals surface area contributed by atoms with E-state index in [2.05, 4.69) is 98.3 Å². The summed E-state index contributed by atoms with van der Waals surface area (Å²) in [5.74, 6) is 1.32. The van der Waals surface area contributed by atoms with Gasteiger partial charge in [0.05, 0.1) is 59.7 Å². The van der Waals surface area contributed by atoms with Crippen LogP contribution in [0.15, 0.2) is 122 Å². The lowest BCUT2D eigenvalue weighted by atomic mass is 10.1. The zero-order chi connectivity index (χ0) is 51.8. The first-order valence-electron chi connectivity index (χ1n) is 23.9. The quantitative estimate of drug-likeness (QED) is 0.0475. The molecule has 0 atom stereocenters. The Kier molecular flexibility index (Phi) is 15.8. The Bertz CT molecular complexity index is 3270. The van der Waals surface area contributed by atoms with Gasteiger partial charge >= 0.3 is 0 Å². The monoisotopic (exact) mass is 985 g/mol. The molecule has 378 valence electrons. The first kappa shape index (κ1) is 50.9. The van der Waals surface area contributed by atoms with Gasteiger partial charge < -0.3 is 59.5 Å². The van der Waals surface area contributed by atoms with Crippen molar-refractivity contribution in [3.8, 4) is 34.0 Å². The number of carbonyl (C=O) groups excluding carboxylic acids is 2. The molecule has 18 nitrogen and oxygen atoms in total. The first-order chi connectivity index (χ1) is 35.2. The number of hydrogen-bond donors (Lipinski definition) is 4. The van der Waals surface area contributed by atoms with Crippen LogP contribution in [0.5, 0.6) is 11.5 Å². The van der Waals surface area contributed by atoms with Crippen LogP contribution in [0.2, 0.25) is 0 Å². The number of benzene rings is 4. The minimum atomic E-state index is -0.366. The maximum absolute atomic E-state index is 13.9. The molecule has 0 spiro atoms. The van der Waals surface area contributed by atoms with Crippen LogP contribution in [0.3, 0.4) is 0 Å². The fourth-order valence-corrected chi connectivity index (χ4v) is 8.69. The molecule has 0 saturated carbocycles. The lowest BCUT2D eigenvalue weighted by Crippen LogP contribution is -2.33. The predicted molar refractivity (Wildman–Crippen MR) is 295 cm³/mol. The number of ether oxygens (including phenoxy) is 2. The van der Waals surface area contributed by atoms with E-state index in [1.807, 2.05) is 109 Å². The minimum absolute atomic E-state index is 0.151. The summed E-state index contributed by atoms with van der Waals surface area (Å²) in [5, 5.41) is 15.0. The summed E-state index contributed by atoms with van der Waals surface area (Å²) >= 11 is 0. The highest BCUT2D eigenvalue weighted by molar-refractivity contribution is 6.02. The maximum Gasteiger partial charge on any atom is 0.247 e. The standard InChI is InChI=1S/C55H64N14O4/c1-11-52(70)58-42-30-44(62-54-56-23-20-40(60-54)38-34-68(7)46-18-14-12-16-36(38)46)50(72-9)32-48(42)67(6)29-27-65(4)25-22-53(71)59-43-31-45(51(73-10)33-49(43)66(5)28-26-64(2)3)63-55-57-24-21-41(61-55)39-35-69(8)47-19-15-13-17-37(39)47/h11-21,23-24,30-35H,1,22,25-29H2,2-10H3,(H,58,70)(H,59,71)(H,56,60,62)(H,57,61,63). The highest BCUT2D eigenvalue weighted by Crippen LogP contribution is 2.40. The van der Waals surface area contributed by atoms with E-state index in [-0.39, 0.29) is 18.2 Å². The smallest absolute Gasteiger partial charge is 0.247 e. The zero-order valence-corrected chi connectivity index (χ0v) is 43.0. The first-order valence-corrected chi connectivity index (χ1v) is 23.9. The third-order valence-electron chi connectivity index (χ3n) is 12.7. The molecule has 0 unspecified atom stereocenters. The van der Waals surface area contributed by atoms with Crippen molar-refractivity contribution in [3.05, 3.63) is 122 Å². The Morgan fingerprint density at radius 3 is 1.58 bits per heavy atom. The third kappa shape index (κ3) is 11.8. The molecule has 4 aromatic heterocycles. The molecular weight excluding hydrogens is 921 g/mol. The molecule has 0 bridgehead atoms. The van der Waals surface area contributed by atoms with E-state index in [0.717, 1.165) is 62.2 Å². The van der Waals surface area contributed by atoms with E-state index < -0.39 is 0 Å². The van der Waals surface area contributed by atoms with E-state index in [4.69, 9.17) is 19.4 Å². The molecule has 0 saturated heterocycles. The number of rotatable bonds is 22. The third-order valence-corrected chi connectivity index (χ3v) is 12.7. The molecule has 0 radical (unpaired) electrons. The van der Waals surface area contributed by atoms with Gasteiger partial charge in [-0.05, 0) is 63.6 Å². The number of fused-ring (bicyclic) bond motifs is 2. The molecule has 0 aliphatic carbocycles. The van der Waals surface area contributed by atoms with Gasteiger partial charge in [0.15, 0.2) is 0 Å². The molecule has 8 rings (SSSR count). The van der Waals surface area contributed by atoms with E-state index in [9.17, 15) is 9.59 Å². The summed E-state index contributed by atoms with van der Waals surface area (Å²) < 4.78 is 16.0. The van der Waals surface area contributed by atoms with Crippen molar-refractivity contribution in [2.24, 2.45) is 14.1 Å². The number of aryl methyl sites for hydroxylation is 2. The van der Waals surface area contributed by atoms with Crippen LogP contribution in [0.25, 0.3) is 44.3 Å². The van der Waals surface area contributed by atoms with Gasteiger partial charge in [0.2, 0.25) is 23.7 Å². The SMILES string of the molecule is C=CC(=O)Nc1cc(Nc2nccc(-c3cn(C)c4ccccc34)n2)c(OC)cc1N(C)CCN(C)CCC(=O)Nc1cc(Nc2nccc(-c3cn(C)c4ccccc34)n2)c(OC)cc1N(C)CCN(C)C. The normalized spacial score (nSPS) is 11.3. The van der Waals surface area contributed by atoms with E-state index in [0.29, 0.717) is 72.3 Å². The lowest BCUT2D eigenvalue weighted by Gasteiger charge is -2.27. The molecule has 18 heteroatoms. The van der Waals surface area contributed by atoms with Crippen molar-refractivity contribution in [2.75, 3.05) is 113 Å². The number of anilines is 8. The Balaban J connectivity index is 0.951. The number of para-hydroxylation sites is 2. The summed E-state index contributed by atoms with van der Waals surface area (Å²) in [7, 11) is 17.2. The highest BCUT2D eigenvalue weighted by atomic mass is 16.5. The summed E-state index contributed by atoms with van der Waals surface area (Å²) in [4.78, 5) is 53.8. The Morgan fingerprint density at radius 1 is 0.616 bits per heavy atom. The van der Waals surface area contributed by atoms with E-state index in [1.54, 1.807) is 32.7 Å². The Labute approximate surface area is 426 Å². The van der Waals surface area contributed by atoms with Crippen molar-refractivity contribution < 1.29 is 19.1 Å². The molecule has 0 aliphatic heterocycles. The van der Waals surface area contributed by atoms with Gasteiger partial charge in [-0.3, -0.25) is 9.59 Å². The molecule has 0 aliphatic rings. The van der Waals surface area contributed by atoms with E-state index in [1.165, 1.54) is 6.08 Å². The van der Waals surface area contributed by atoms with Gasteiger partial charge in [0, 0.05) is 137 Å². The second-order valence-electron chi connectivity index (χ2n) is 18.2. The van der Waals surface area contributed by atoms with E-state index >= 15 is 0 Å². The molecular formula is C55H64N14O4. The summed E-state index contributed by atoms with van der Waals surface area (Å²) in [6.07, 6.45) is 9.02. The topological polar surface area (TPSA) is 175 Å². The molecule has 0 fully saturated rings. The van der Waals surface area contributed by atoms with Crippen LogP contribution < -0.4 is 40.5 Å². The number of carbonyl (C=O) groups is 2. The molecule has 8 aromatic rings. The second-order valence-corrected chi connectivity index (χ2v) is 18.2. The van der Waals surface area contributed by atoms with Gasteiger partial charge in [-0.1, -0.05) is 43.0 Å². The van der Waals surface area contributed by atoms with Crippen molar-refractivity contribution in [3.63, 3.8) is 0 Å². The fourth-order valence-electron chi connectivity index (χ4n) is 8.69. The Morgan fingerprint density at radius 2 is 1.10 bits per heavy atom. The number of hydrogen-bond acceptors (Lipinski definition) is 14. The lowest BCUT2D eigenvalue weighted by molar-refractivity contribution is -0.116. The molecule has 4 aromatic carbocycles.